The zero-order chi connectivity index (χ0) is 17.0. The minimum atomic E-state index is -3.59. The molecule has 1 aliphatic heterocycles. The van der Waals surface area contributed by atoms with Crippen LogP contribution in [0.25, 0.3) is 0 Å². The molecule has 0 aromatic heterocycles. The highest BCUT2D eigenvalue weighted by Gasteiger charge is 2.23. The summed E-state index contributed by atoms with van der Waals surface area (Å²) in [5.41, 5.74) is 0.488. The summed E-state index contributed by atoms with van der Waals surface area (Å²) in [6.07, 6.45) is 5.98. The van der Waals surface area contributed by atoms with Crippen LogP contribution in [-0.4, -0.2) is 39.6 Å². The number of nitrogens with one attached hydrogen (secondary N) is 2. The summed E-state index contributed by atoms with van der Waals surface area (Å²) in [6, 6.07) is 6.15. The lowest BCUT2D eigenvalue weighted by Gasteiger charge is -2.23. The molecule has 2 aliphatic rings. The Kier molecular flexibility index (Phi) is 5.53. The number of ether oxygens (including phenoxy) is 1. The SMILES string of the molecule is O=C(NC1CCCC1)c1ccc(S(=O)(=O)N[C@H]2CCCOC2)cc1. The Morgan fingerprint density at radius 1 is 1.00 bits per heavy atom. The number of carbonyl (C=O) groups excluding carboxylic acids is 1. The Hall–Kier alpha value is -1.44. The molecule has 0 unspecified atom stereocenters. The van der Waals surface area contributed by atoms with Crippen molar-refractivity contribution in [3.8, 4) is 0 Å². The lowest BCUT2D eigenvalue weighted by Crippen LogP contribution is -2.40. The first-order chi connectivity index (χ1) is 11.5. The number of hydrogen-bond acceptors (Lipinski definition) is 4. The molecule has 132 valence electrons. The summed E-state index contributed by atoms with van der Waals surface area (Å²) in [5.74, 6) is -0.139. The standard InChI is InChI=1S/C17H24N2O4S/c20-17(18-14-4-1-2-5-14)13-7-9-16(10-8-13)24(21,22)19-15-6-3-11-23-12-15/h7-10,14-15,19H,1-6,11-12H2,(H,18,20)/t15-/m0/s1. The van der Waals surface area contributed by atoms with Crippen LogP contribution in [0.2, 0.25) is 0 Å². The van der Waals surface area contributed by atoms with E-state index in [0.717, 1.165) is 38.5 Å². The first-order valence-electron chi connectivity index (χ1n) is 8.55. The van der Waals surface area contributed by atoms with Crippen LogP contribution in [0.3, 0.4) is 0 Å². The fourth-order valence-corrected chi connectivity index (χ4v) is 4.50. The van der Waals surface area contributed by atoms with Crippen molar-refractivity contribution < 1.29 is 17.9 Å². The highest BCUT2D eigenvalue weighted by Crippen LogP contribution is 2.19. The van der Waals surface area contributed by atoms with Crippen molar-refractivity contribution in [1.82, 2.24) is 10.0 Å². The normalized spacial score (nSPS) is 22.4. The van der Waals surface area contributed by atoms with Crippen molar-refractivity contribution in [3.05, 3.63) is 29.8 Å². The number of rotatable bonds is 5. The van der Waals surface area contributed by atoms with Crippen molar-refractivity contribution >= 4 is 15.9 Å². The van der Waals surface area contributed by atoms with Gasteiger partial charge in [0.1, 0.15) is 0 Å². The Labute approximate surface area is 143 Å². The number of amides is 1. The van der Waals surface area contributed by atoms with Crippen molar-refractivity contribution in [3.63, 3.8) is 0 Å². The molecule has 0 radical (unpaired) electrons. The summed E-state index contributed by atoms with van der Waals surface area (Å²) in [5, 5.41) is 3.00. The molecule has 1 aromatic carbocycles. The van der Waals surface area contributed by atoms with E-state index >= 15 is 0 Å². The summed E-state index contributed by atoms with van der Waals surface area (Å²) in [7, 11) is -3.59. The molecular formula is C17H24N2O4S. The average molecular weight is 352 g/mol. The second-order valence-electron chi connectivity index (χ2n) is 6.51. The van der Waals surface area contributed by atoms with E-state index in [9.17, 15) is 13.2 Å². The molecule has 2 fully saturated rings. The maximum atomic E-state index is 12.4. The van der Waals surface area contributed by atoms with Gasteiger partial charge in [0.15, 0.2) is 0 Å². The minimum Gasteiger partial charge on any atom is -0.380 e. The smallest absolute Gasteiger partial charge is 0.251 e. The molecule has 2 N–H and O–H groups in total. The molecule has 7 heteroatoms. The van der Waals surface area contributed by atoms with Gasteiger partial charge in [0, 0.05) is 24.3 Å². The van der Waals surface area contributed by atoms with E-state index in [-0.39, 0.29) is 22.9 Å². The highest BCUT2D eigenvalue weighted by atomic mass is 32.2. The highest BCUT2D eigenvalue weighted by molar-refractivity contribution is 7.89. The van der Waals surface area contributed by atoms with Gasteiger partial charge in [-0.25, -0.2) is 13.1 Å². The Balaban J connectivity index is 1.63. The molecule has 24 heavy (non-hydrogen) atoms. The number of hydrogen-bond donors (Lipinski definition) is 2. The lowest BCUT2D eigenvalue weighted by molar-refractivity contribution is 0.0774. The van der Waals surface area contributed by atoms with Gasteiger partial charge >= 0.3 is 0 Å². The first-order valence-corrected chi connectivity index (χ1v) is 10.0. The molecule has 1 aliphatic carbocycles. The predicted octanol–water partition coefficient (Wildman–Crippen LogP) is 1.82. The molecule has 1 amide bonds. The molecule has 0 spiro atoms. The van der Waals surface area contributed by atoms with Gasteiger partial charge in [0.25, 0.3) is 5.91 Å². The lowest BCUT2D eigenvalue weighted by atomic mass is 10.1. The third-order valence-electron chi connectivity index (χ3n) is 4.60. The fourth-order valence-electron chi connectivity index (χ4n) is 3.25. The quantitative estimate of drug-likeness (QED) is 0.846. The van der Waals surface area contributed by atoms with Crippen molar-refractivity contribution in [1.29, 1.82) is 0 Å². The molecule has 1 saturated carbocycles. The summed E-state index contributed by atoms with van der Waals surface area (Å²) in [6.45, 7) is 1.09. The maximum absolute atomic E-state index is 12.4. The molecule has 3 rings (SSSR count). The van der Waals surface area contributed by atoms with Crippen LogP contribution in [0.4, 0.5) is 0 Å². The van der Waals surface area contributed by atoms with Crippen molar-refractivity contribution in [2.75, 3.05) is 13.2 Å². The maximum Gasteiger partial charge on any atom is 0.251 e. The van der Waals surface area contributed by atoms with Gasteiger partial charge in [-0.15, -0.1) is 0 Å². The average Bonchev–Trinajstić information content (AvgIpc) is 3.08. The van der Waals surface area contributed by atoms with Gasteiger partial charge in [-0.2, -0.15) is 0 Å². The Morgan fingerprint density at radius 2 is 1.67 bits per heavy atom. The van der Waals surface area contributed by atoms with E-state index in [1.165, 1.54) is 12.1 Å². The number of benzene rings is 1. The van der Waals surface area contributed by atoms with Crippen molar-refractivity contribution in [2.45, 2.75) is 55.5 Å². The van der Waals surface area contributed by atoms with Gasteiger partial charge < -0.3 is 10.1 Å². The van der Waals surface area contributed by atoms with E-state index < -0.39 is 10.0 Å². The summed E-state index contributed by atoms with van der Waals surface area (Å²) in [4.78, 5) is 12.4. The van der Waals surface area contributed by atoms with E-state index in [2.05, 4.69) is 10.0 Å². The Bertz CT molecular complexity index is 660. The summed E-state index contributed by atoms with van der Waals surface area (Å²) < 4.78 is 32.7. The molecule has 1 atom stereocenters. The van der Waals surface area contributed by atoms with Gasteiger partial charge in [-0.3, -0.25) is 4.79 Å². The fraction of sp³-hybridized carbons (Fsp3) is 0.588. The van der Waals surface area contributed by atoms with Crippen LogP contribution in [0.15, 0.2) is 29.2 Å². The second kappa shape index (κ2) is 7.63. The van der Waals surface area contributed by atoms with Gasteiger partial charge in [0.05, 0.1) is 11.5 Å². The monoisotopic (exact) mass is 352 g/mol. The van der Waals surface area contributed by atoms with Crippen LogP contribution in [0, 0.1) is 0 Å². The zero-order valence-corrected chi connectivity index (χ0v) is 14.5. The molecule has 1 saturated heterocycles. The number of sulfonamides is 1. The third kappa shape index (κ3) is 4.34. The topological polar surface area (TPSA) is 84.5 Å². The predicted molar refractivity (Wildman–Crippen MR) is 90.3 cm³/mol. The van der Waals surface area contributed by atoms with Gasteiger partial charge in [0.2, 0.25) is 10.0 Å². The first kappa shape index (κ1) is 17.4. The Morgan fingerprint density at radius 3 is 2.29 bits per heavy atom. The van der Waals surface area contributed by atoms with E-state index in [1.807, 2.05) is 0 Å². The van der Waals surface area contributed by atoms with Gasteiger partial charge in [-0.1, -0.05) is 12.8 Å². The van der Waals surface area contributed by atoms with E-state index in [1.54, 1.807) is 12.1 Å². The van der Waals surface area contributed by atoms with Crippen LogP contribution in [-0.2, 0) is 14.8 Å². The van der Waals surface area contributed by atoms with Crippen LogP contribution >= 0.6 is 0 Å². The third-order valence-corrected chi connectivity index (χ3v) is 6.14. The van der Waals surface area contributed by atoms with Crippen LogP contribution in [0.5, 0.6) is 0 Å². The second-order valence-corrected chi connectivity index (χ2v) is 8.23. The summed E-state index contributed by atoms with van der Waals surface area (Å²) >= 11 is 0. The zero-order valence-electron chi connectivity index (χ0n) is 13.7. The molecule has 1 heterocycles. The largest absolute Gasteiger partial charge is 0.380 e. The van der Waals surface area contributed by atoms with E-state index in [4.69, 9.17) is 4.74 Å². The van der Waals surface area contributed by atoms with Crippen LogP contribution in [0.1, 0.15) is 48.9 Å². The molecule has 1 aromatic rings. The van der Waals surface area contributed by atoms with E-state index in [0.29, 0.717) is 18.8 Å². The molecular weight excluding hydrogens is 328 g/mol. The molecule has 6 nitrogen and oxygen atoms in total. The minimum absolute atomic E-state index is 0.139. The van der Waals surface area contributed by atoms with Gasteiger partial charge in [-0.05, 0) is 49.9 Å². The van der Waals surface area contributed by atoms with Crippen LogP contribution < -0.4 is 10.0 Å². The molecule has 0 bridgehead atoms. The number of carbonyl (C=O) groups is 1. The van der Waals surface area contributed by atoms with Crippen molar-refractivity contribution in [2.24, 2.45) is 0 Å².